The van der Waals surface area contributed by atoms with E-state index < -0.39 is 0 Å². The summed E-state index contributed by atoms with van der Waals surface area (Å²) in [6, 6.07) is 6.34. The molecule has 1 aliphatic heterocycles. The maximum atomic E-state index is 5.56. The van der Waals surface area contributed by atoms with Crippen LogP contribution < -0.4 is 4.74 Å². The van der Waals surface area contributed by atoms with Gasteiger partial charge in [0, 0.05) is 5.56 Å². The SMILES string of the molecule is CCCCc1cccc2c1C=CCO2. The van der Waals surface area contributed by atoms with Crippen LogP contribution in [-0.2, 0) is 6.42 Å². The first-order valence-corrected chi connectivity index (χ1v) is 5.33. The van der Waals surface area contributed by atoms with Crippen LogP contribution in [0.4, 0.5) is 0 Å². The minimum absolute atomic E-state index is 0.713. The quantitative estimate of drug-likeness (QED) is 0.706. The second-order valence-corrected chi connectivity index (χ2v) is 3.65. The molecule has 14 heavy (non-hydrogen) atoms. The summed E-state index contributed by atoms with van der Waals surface area (Å²) in [6.07, 6.45) is 7.92. The van der Waals surface area contributed by atoms with Gasteiger partial charge in [-0.25, -0.2) is 0 Å². The van der Waals surface area contributed by atoms with Crippen LogP contribution in [0.25, 0.3) is 6.08 Å². The number of hydrogen-bond donors (Lipinski definition) is 0. The van der Waals surface area contributed by atoms with Gasteiger partial charge in [-0.15, -0.1) is 0 Å². The summed E-state index contributed by atoms with van der Waals surface area (Å²) in [5.74, 6) is 1.04. The lowest BCUT2D eigenvalue weighted by molar-refractivity contribution is 0.358. The lowest BCUT2D eigenvalue weighted by atomic mass is 10.00. The molecule has 0 spiro atoms. The van der Waals surface area contributed by atoms with Crippen LogP contribution in [0.15, 0.2) is 24.3 Å². The Kier molecular flexibility index (Phi) is 2.87. The Balaban J connectivity index is 2.28. The number of unbranched alkanes of at least 4 members (excludes halogenated alkanes) is 1. The number of rotatable bonds is 3. The summed E-state index contributed by atoms with van der Waals surface area (Å²) in [5.41, 5.74) is 2.70. The Morgan fingerprint density at radius 1 is 1.36 bits per heavy atom. The average molecular weight is 188 g/mol. The Morgan fingerprint density at radius 2 is 2.29 bits per heavy atom. The van der Waals surface area contributed by atoms with Gasteiger partial charge in [-0.3, -0.25) is 0 Å². The van der Waals surface area contributed by atoms with E-state index in [9.17, 15) is 0 Å². The molecule has 0 aliphatic carbocycles. The fourth-order valence-electron chi connectivity index (χ4n) is 1.79. The van der Waals surface area contributed by atoms with Crippen molar-refractivity contribution < 1.29 is 4.74 Å². The van der Waals surface area contributed by atoms with Crippen molar-refractivity contribution in [1.82, 2.24) is 0 Å². The molecule has 1 heteroatoms. The minimum Gasteiger partial charge on any atom is -0.489 e. The van der Waals surface area contributed by atoms with E-state index in [0.717, 1.165) is 12.2 Å². The van der Waals surface area contributed by atoms with E-state index in [-0.39, 0.29) is 0 Å². The molecular formula is C13H16O. The van der Waals surface area contributed by atoms with Crippen molar-refractivity contribution in [3.8, 4) is 5.75 Å². The molecule has 0 amide bonds. The Morgan fingerprint density at radius 3 is 3.14 bits per heavy atom. The number of hydrogen-bond acceptors (Lipinski definition) is 1. The van der Waals surface area contributed by atoms with Gasteiger partial charge in [0.15, 0.2) is 0 Å². The summed E-state index contributed by atoms with van der Waals surface area (Å²) in [6.45, 7) is 2.94. The standard InChI is InChI=1S/C13H16O/c1-2-3-6-11-7-4-9-13-12(11)8-5-10-14-13/h4-5,7-9H,2-3,6,10H2,1H3. The van der Waals surface area contributed by atoms with Gasteiger partial charge in [-0.2, -0.15) is 0 Å². The van der Waals surface area contributed by atoms with Crippen molar-refractivity contribution in [3.05, 3.63) is 35.4 Å². The fraction of sp³-hybridized carbons (Fsp3) is 0.385. The molecule has 1 heterocycles. The smallest absolute Gasteiger partial charge is 0.127 e. The van der Waals surface area contributed by atoms with E-state index in [4.69, 9.17) is 4.74 Å². The highest BCUT2D eigenvalue weighted by molar-refractivity contribution is 5.63. The number of ether oxygens (including phenoxy) is 1. The van der Waals surface area contributed by atoms with E-state index in [1.807, 2.05) is 6.07 Å². The van der Waals surface area contributed by atoms with E-state index in [1.165, 1.54) is 24.0 Å². The lowest BCUT2D eigenvalue weighted by Crippen LogP contribution is -2.02. The molecule has 0 unspecified atom stereocenters. The normalized spacial score (nSPS) is 13.5. The van der Waals surface area contributed by atoms with Crippen LogP contribution in [0, 0.1) is 0 Å². The third kappa shape index (κ3) is 1.82. The topological polar surface area (TPSA) is 9.23 Å². The van der Waals surface area contributed by atoms with Gasteiger partial charge in [0.05, 0.1) is 0 Å². The zero-order valence-corrected chi connectivity index (χ0v) is 8.62. The number of benzene rings is 1. The summed E-state index contributed by atoms with van der Waals surface area (Å²) < 4.78 is 5.56. The van der Waals surface area contributed by atoms with Gasteiger partial charge in [-0.05, 0) is 30.5 Å². The second-order valence-electron chi connectivity index (χ2n) is 3.65. The van der Waals surface area contributed by atoms with E-state index in [2.05, 4.69) is 31.2 Å². The predicted octanol–water partition coefficient (Wildman–Crippen LogP) is 3.43. The van der Waals surface area contributed by atoms with Crippen LogP contribution >= 0.6 is 0 Å². The summed E-state index contributed by atoms with van der Waals surface area (Å²) in [5, 5.41) is 0. The van der Waals surface area contributed by atoms with Crippen molar-refractivity contribution in [2.24, 2.45) is 0 Å². The minimum atomic E-state index is 0.713. The molecule has 1 aromatic rings. The monoisotopic (exact) mass is 188 g/mol. The first-order valence-electron chi connectivity index (χ1n) is 5.33. The largest absolute Gasteiger partial charge is 0.489 e. The zero-order chi connectivity index (χ0) is 9.80. The second kappa shape index (κ2) is 4.32. The van der Waals surface area contributed by atoms with Crippen molar-refractivity contribution in [2.45, 2.75) is 26.2 Å². The van der Waals surface area contributed by atoms with Gasteiger partial charge < -0.3 is 4.74 Å². The molecule has 0 atom stereocenters. The lowest BCUT2D eigenvalue weighted by Gasteiger charge is -2.15. The average Bonchev–Trinajstić information content (AvgIpc) is 2.26. The molecule has 0 saturated carbocycles. The molecule has 0 N–H and O–H groups in total. The highest BCUT2D eigenvalue weighted by Crippen LogP contribution is 2.27. The van der Waals surface area contributed by atoms with Gasteiger partial charge in [0.25, 0.3) is 0 Å². The van der Waals surface area contributed by atoms with Gasteiger partial charge >= 0.3 is 0 Å². The molecule has 1 nitrogen and oxygen atoms in total. The van der Waals surface area contributed by atoms with Gasteiger partial charge in [-0.1, -0.05) is 31.6 Å². The van der Waals surface area contributed by atoms with Crippen LogP contribution in [0.5, 0.6) is 5.75 Å². The number of aryl methyl sites for hydroxylation is 1. The molecule has 1 aliphatic rings. The van der Waals surface area contributed by atoms with Crippen molar-refractivity contribution in [1.29, 1.82) is 0 Å². The molecule has 0 saturated heterocycles. The van der Waals surface area contributed by atoms with E-state index >= 15 is 0 Å². The molecule has 74 valence electrons. The van der Waals surface area contributed by atoms with E-state index in [1.54, 1.807) is 0 Å². The maximum Gasteiger partial charge on any atom is 0.127 e. The molecule has 0 fully saturated rings. The van der Waals surface area contributed by atoms with Crippen molar-refractivity contribution >= 4 is 6.08 Å². The molecule has 1 aromatic carbocycles. The Hall–Kier alpha value is -1.24. The Bertz CT molecular complexity index is 339. The Labute approximate surface area is 85.4 Å². The third-order valence-corrected chi connectivity index (χ3v) is 2.58. The third-order valence-electron chi connectivity index (χ3n) is 2.58. The van der Waals surface area contributed by atoms with E-state index in [0.29, 0.717) is 6.61 Å². The maximum absolute atomic E-state index is 5.56. The summed E-state index contributed by atoms with van der Waals surface area (Å²) in [4.78, 5) is 0. The fourth-order valence-corrected chi connectivity index (χ4v) is 1.79. The van der Waals surface area contributed by atoms with Crippen LogP contribution in [0.1, 0.15) is 30.9 Å². The molecule has 0 aromatic heterocycles. The molecule has 0 radical (unpaired) electrons. The predicted molar refractivity (Wildman–Crippen MR) is 59.6 cm³/mol. The zero-order valence-electron chi connectivity index (χ0n) is 8.62. The highest BCUT2D eigenvalue weighted by Gasteiger charge is 2.08. The van der Waals surface area contributed by atoms with Crippen LogP contribution in [0.3, 0.4) is 0 Å². The molecular weight excluding hydrogens is 172 g/mol. The van der Waals surface area contributed by atoms with Gasteiger partial charge in [0.2, 0.25) is 0 Å². The highest BCUT2D eigenvalue weighted by atomic mass is 16.5. The molecule has 0 bridgehead atoms. The summed E-state index contributed by atoms with van der Waals surface area (Å²) in [7, 11) is 0. The van der Waals surface area contributed by atoms with Crippen LogP contribution in [-0.4, -0.2) is 6.61 Å². The first-order chi connectivity index (χ1) is 6.92. The number of fused-ring (bicyclic) bond motifs is 1. The summed E-state index contributed by atoms with van der Waals surface area (Å²) >= 11 is 0. The first kappa shape index (κ1) is 9.32. The van der Waals surface area contributed by atoms with Crippen molar-refractivity contribution in [3.63, 3.8) is 0 Å². The molecule has 2 rings (SSSR count). The van der Waals surface area contributed by atoms with Gasteiger partial charge in [0.1, 0.15) is 12.4 Å². The van der Waals surface area contributed by atoms with Crippen molar-refractivity contribution in [2.75, 3.05) is 6.61 Å². The van der Waals surface area contributed by atoms with Crippen LogP contribution in [0.2, 0.25) is 0 Å².